The summed E-state index contributed by atoms with van der Waals surface area (Å²) < 4.78 is 11.9. The Morgan fingerprint density at radius 1 is 1.52 bits per heavy atom. The molecule has 4 nitrogen and oxygen atoms in total. The molecule has 1 unspecified atom stereocenters. The molecule has 6 atom stereocenters. The van der Waals surface area contributed by atoms with Crippen molar-refractivity contribution in [2.75, 3.05) is 6.61 Å². The van der Waals surface area contributed by atoms with Gasteiger partial charge < -0.3 is 14.6 Å². The van der Waals surface area contributed by atoms with Crippen molar-refractivity contribution < 1.29 is 19.4 Å². The first-order valence-electron chi connectivity index (χ1n) is 8.67. The Balaban J connectivity index is 2.05. The van der Waals surface area contributed by atoms with Crippen molar-refractivity contribution in [2.45, 2.75) is 58.3 Å². The molecular weight excluding hydrogens is 292 g/mol. The minimum atomic E-state index is -1.12. The SMILES string of the molecule is C=C1CCC=C(C)[C@]2(O)C1[C@@H]1OC(=O)[C@H](C)[C@@H]1[C@H]2OCC(C)C. The molecule has 0 aromatic heterocycles. The first kappa shape index (κ1) is 16.7. The highest BCUT2D eigenvalue weighted by atomic mass is 16.6. The molecule has 0 amide bonds. The largest absolute Gasteiger partial charge is 0.461 e. The van der Waals surface area contributed by atoms with Crippen molar-refractivity contribution in [2.24, 2.45) is 23.7 Å². The van der Waals surface area contributed by atoms with E-state index in [0.717, 1.165) is 24.0 Å². The van der Waals surface area contributed by atoms with E-state index < -0.39 is 11.7 Å². The van der Waals surface area contributed by atoms with Crippen LogP contribution in [-0.2, 0) is 14.3 Å². The second-order valence-electron chi connectivity index (χ2n) is 7.80. The van der Waals surface area contributed by atoms with Crippen molar-refractivity contribution in [1.29, 1.82) is 0 Å². The number of ether oxygens (including phenoxy) is 2. The van der Waals surface area contributed by atoms with Gasteiger partial charge in [-0.25, -0.2) is 0 Å². The van der Waals surface area contributed by atoms with Gasteiger partial charge in [-0.15, -0.1) is 0 Å². The van der Waals surface area contributed by atoms with E-state index in [4.69, 9.17) is 9.47 Å². The maximum atomic E-state index is 12.1. The number of hydrogen-bond acceptors (Lipinski definition) is 4. The Morgan fingerprint density at radius 2 is 2.22 bits per heavy atom. The topological polar surface area (TPSA) is 55.8 Å². The lowest BCUT2D eigenvalue weighted by Crippen LogP contribution is -2.49. The molecule has 1 aliphatic heterocycles. The van der Waals surface area contributed by atoms with Gasteiger partial charge in [-0.1, -0.05) is 39.0 Å². The summed E-state index contributed by atoms with van der Waals surface area (Å²) in [7, 11) is 0. The third-order valence-corrected chi connectivity index (χ3v) is 5.76. The second kappa shape index (κ2) is 5.75. The van der Waals surface area contributed by atoms with Crippen LogP contribution in [0, 0.1) is 23.7 Å². The molecule has 2 aliphatic carbocycles. The summed E-state index contributed by atoms with van der Waals surface area (Å²) in [4.78, 5) is 12.1. The molecule has 128 valence electrons. The van der Waals surface area contributed by atoms with Crippen LogP contribution < -0.4 is 0 Å². The van der Waals surface area contributed by atoms with E-state index in [1.54, 1.807) is 0 Å². The number of rotatable bonds is 3. The fourth-order valence-electron chi connectivity index (χ4n) is 4.55. The molecule has 0 aromatic rings. The van der Waals surface area contributed by atoms with Crippen LogP contribution in [0.15, 0.2) is 23.8 Å². The van der Waals surface area contributed by atoms with E-state index >= 15 is 0 Å². The first-order chi connectivity index (χ1) is 10.8. The maximum Gasteiger partial charge on any atom is 0.309 e. The van der Waals surface area contributed by atoms with Crippen molar-refractivity contribution in [1.82, 2.24) is 0 Å². The third-order valence-electron chi connectivity index (χ3n) is 5.76. The lowest BCUT2D eigenvalue weighted by Gasteiger charge is -2.38. The van der Waals surface area contributed by atoms with E-state index in [1.807, 2.05) is 13.8 Å². The molecule has 0 bridgehead atoms. The van der Waals surface area contributed by atoms with Crippen LogP contribution in [0.25, 0.3) is 0 Å². The minimum absolute atomic E-state index is 0.116. The molecule has 0 radical (unpaired) electrons. The Hall–Kier alpha value is -1.13. The highest BCUT2D eigenvalue weighted by molar-refractivity contribution is 5.76. The smallest absolute Gasteiger partial charge is 0.309 e. The molecule has 4 heteroatoms. The number of fused-ring (bicyclic) bond motifs is 3. The number of carbonyl (C=O) groups excluding carboxylic acids is 1. The third kappa shape index (κ3) is 2.38. The van der Waals surface area contributed by atoms with Crippen LogP contribution in [0.5, 0.6) is 0 Å². The molecule has 1 saturated carbocycles. The molecule has 0 aromatic carbocycles. The molecule has 1 N–H and O–H groups in total. The summed E-state index contributed by atoms with van der Waals surface area (Å²) in [6, 6.07) is 0. The van der Waals surface area contributed by atoms with Gasteiger partial charge in [0.05, 0.1) is 17.9 Å². The lowest BCUT2D eigenvalue weighted by atomic mass is 9.79. The van der Waals surface area contributed by atoms with Crippen LogP contribution >= 0.6 is 0 Å². The van der Waals surface area contributed by atoms with E-state index in [9.17, 15) is 9.90 Å². The Morgan fingerprint density at radius 3 is 2.87 bits per heavy atom. The predicted octanol–water partition coefficient (Wildman–Crippen LogP) is 2.86. The van der Waals surface area contributed by atoms with E-state index in [0.29, 0.717) is 12.5 Å². The fourth-order valence-corrected chi connectivity index (χ4v) is 4.55. The zero-order chi connectivity index (χ0) is 16.9. The predicted molar refractivity (Wildman–Crippen MR) is 87.7 cm³/mol. The summed E-state index contributed by atoms with van der Waals surface area (Å²) in [5.74, 6) is -0.456. The minimum Gasteiger partial charge on any atom is -0.461 e. The zero-order valence-electron chi connectivity index (χ0n) is 14.5. The van der Waals surface area contributed by atoms with Crippen molar-refractivity contribution in [3.05, 3.63) is 23.8 Å². The zero-order valence-corrected chi connectivity index (χ0v) is 14.5. The maximum absolute atomic E-state index is 12.1. The Kier molecular flexibility index (Phi) is 4.18. The summed E-state index contributed by atoms with van der Waals surface area (Å²) in [6.07, 6.45) is 3.02. The monoisotopic (exact) mass is 320 g/mol. The van der Waals surface area contributed by atoms with Gasteiger partial charge in [-0.2, -0.15) is 0 Å². The van der Waals surface area contributed by atoms with Gasteiger partial charge in [-0.3, -0.25) is 4.79 Å². The summed E-state index contributed by atoms with van der Waals surface area (Å²) in [6.45, 7) is 12.8. The van der Waals surface area contributed by atoms with E-state index in [-0.39, 0.29) is 29.8 Å². The quantitative estimate of drug-likeness (QED) is 0.642. The number of esters is 1. The fraction of sp³-hybridized carbons (Fsp3) is 0.737. The van der Waals surface area contributed by atoms with Crippen LogP contribution in [0.4, 0.5) is 0 Å². The highest BCUT2D eigenvalue weighted by Crippen LogP contribution is 2.56. The van der Waals surface area contributed by atoms with Crippen LogP contribution in [-0.4, -0.2) is 35.5 Å². The van der Waals surface area contributed by atoms with E-state index in [1.165, 1.54) is 0 Å². The van der Waals surface area contributed by atoms with Crippen LogP contribution in [0.1, 0.15) is 40.5 Å². The first-order valence-corrected chi connectivity index (χ1v) is 8.67. The van der Waals surface area contributed by atoms with Gasteiger partial charge in [-0.05, 0) is 31.3 Å². The normalized spacial score (nSPS) is 43.0. The Labute approximate surface area is 138 Å². The summed E-state index contributed by atoms with van der Waals surface area (Å²) in [5.41, 5.74) is 0.771. The van der Waals surface area contributed by atoms with Crippen molar-refractivity contribution in [3.8, 4) is 0 Å². The second-order valence-corrected chi connectivity index (χ2v) is 7.80. The highest BCUT2D eigenvalue weighted by Gasteiger charge is 2.68. The number of hydrogen-bond donors (Lipinski definition) is 1. The number of allylic oxidation sites excluding steroid dienone is 1. The van der Waals surface area contributed by atoms with Crippen LogP contribution in [0.2, 0.25) is 0 Å². The van der Waals surface area contributed by atoms with Gasteiger partial charge in [0.2, 0.25) is 0 Å². The van der Waals surface area contributed by atoms with Gasteiger partial charge in [0.25, 0.3) is 0 Å². The molecular formula is C19H28O4. The molecule has 1 heterocycles. The Bertz CT molecular complexity index is 550. The van der Waals surface area contributed by atoms with Crippen molar-refractivity contribution in [3.63, 3.8) is 0 Å². The standard InChI is InChI=1S/C19H28O4/c1-10(2)9-22-17-14-13(5)18(20)23-16(14)15-11(3)7-6-8-12(4)19(15,17)21/h8,10,13-17,21H,3,6-7,9H2,1-2,4-5H3/t13-,14+,15?,16-,17-,19+/m1/s1. The molecule has 23 heavy (non-hydrogen) atoms. The van der Waals surface area contributed by atoms with Gasteiger partial charge in [0.1, 0.15) is 11.7 Å². The number of carbonyl (C=O) groups is 1. The molecule has 3 rings (SSSR count). The average molecular weight is 320 g/mol. The van der Waals surface area contributed by atoms with Crippen molar-refractivity contribution >= 4 is 5.97 Å². The lowest BCUT2D eigenvalue weighted by molar-refractivity contribution is -0.150. The van der Waals surface area contributed by atoms with E-state index in [2.05, 4.69) is 26.5 Å². The molecule has 0 spiro atoms. The van der Waals surface area contributed by atoms with Crippen LogP contribution in [0.3, 0.4) is 0 Å². The van der Waals surface area contributed by atoms with Gasteiger partial charge in [0.15, 0.2) is 0 Å². The number of aliphatic hydroxyl groups is 1. The summed E-state index contributed by atoms with van der Waals surface area (Å²) >= 11 is 0. The molecule has 1 saturated heterocycles. The van der Waals surface area contributed by atoms with Gasteiger partial charge >= 0.3 is 5.97 Å². The molecule has 3 aliphatic rings. The average Bonchev–Trinajstić information content (AvgIpc) is 2.84. The summed E-state index contributed by atoms with van der Waals surface area (Å²) in [5, 5.41) is 11.7. The van der Waals surface area contributed by atoms with Gasteiger partial charge in [0, 0.05) is 12.5 Å². The molecule has 2 fully saturated rings.